The van der Waals surface area contributed by atoms with Crippen molar-refractivity contribution in [1.82, 2.24) is 5.32 Å². The Morgan fingerprint density at radius 1 is 1.18 bits per heavy atom. The molecule has 3 rings (SSSR count). The highest BCUT2D eigenvalue weighted by Crippen LogP contribution is 2.57. The number of hydrogen-bond donors (Lipinski definition) is 2. The normalized spacial score (nSPS) is 40.4. The zero-order chi connectivity index (χ0) is 15.8. The van der Waals surface area contributed by atoms with Gasteiger partial charge in [0.15, 0.2) is 0 Å². The second kappa shape index (κ2) is 6.10. The van der Waals surface area contributed by atoms with Crippen LogP contribution in [-0.4, -0.2) is 43.4 Å². The van der Waals surface area contributed by atoms with E-state index in [0.29, 0.717) is 12.6 Å². The van der Waals surface area contributed by atoms with E-state index in [2.05, 4.69) is 19.2 Å². The maximum atomic E-state index is 12.7. The van der Waals surface area contributed by atoms with Gasteiger partial charge in [-0.1, -0.05) is 13.8 Å². The van der Waals surface area contributed by atoms with Gasteiger partial charge in [-0.3, -0.25) is 4.79 Å². The number of amides is 1. The monoisotopic (exact) mass is 310 g/mol. The first-order valence-corrected chi connectivity index (χ1v) is 8.78. The first-order valence-electron chi connectivity index (χ1n) is 8.78. The summed E-state index contributed by atoms with van der Waals surface area (Å²) in [5.74, 6) is 0.141. The van der Waals surface area contributed by atoms with Crippen molar-refractivity contribution in [3.63, 3.8) is 0 Å². The molecule has 1 saturated carbocycles. The van der Waals surface area contributed by atoms with Crippen molar-refractivity contribution in [2.45, 2.75) is 70.1 Å². The Labute approximate surface area is 133 Å². The molecule has 0 radical (unpaired) electrons. The fourth-order valence-electron chi connectivity index (χ4n) is 4.56. The summed E-state index contributed by atoms with van der Waals surface area (Å²) in [6.45, 7) is 6.41. The van der Waals surface area contributed by atoms with Crippen LogP contribution in [0.4, 0.5) is 0 Å². The average molecular weight is 310 g/mol. The van der Waals surface area contributed by atoms with E-state index in [1.165, 1.54) is 6.42 Å². The van der Waals surface area contributed by atoms with E-state index in [1.54, 1.807) is 0 Å². The van der Waals surface area contributed by atoms with Gasteiger partial charge in [-0.2, -0.15) is 0 Å². The Hall–Kier alpha value is -0.650. The van der Waals surface area contributed by atoms with Gasteiger partial charge in [0.05, 0.1) is 12.2 Å². The lowest BCUT2D eigenvalue weighted by Gasteiger charge is -2.65. The summed E-state index contributed by atoms with van der Waals surface area (Å²) in [6, 6.07) is 0. The van der Waals surface area contributed by atoms with Crippen LogP contribution in [0, 0.1) is 11.3 Å². The zero-order valence-corrected chi connectivity index (χ0v) is 13.9. The minimum Gasteiger partial charge on any atom is -0.378 e. The second-order valence-electron chi connectivity index (χ2n) is 7.66. The number of ether oxygens (including phenoxy) is 2. The van der Waals surface area contributed by atoms with Crippen LogP contribution in [0.3, 0.4) is 0 Å². The molecule has 1 aliphatic carbocycles. The predicted molar refractivity (Wildman–Crippen MR) is 84.4 cm³/mol. The number of nitrogens with two attached hydrogens (primary N) is 1. The number of nitrogens with one attached hydrogen (secondary N) is 1. The van der Waals surface area contributed by atoms with Crippen molar-refractivity contribution in [1.29, 1.82) is 0 Å². The molecule has 4 atom stereocenters. The molecule has 22 heavy (non-hydrogen) atoms. The fraction of sp³-hybridized carbons (Fsp3) is 0.941. The van der Waals surface area contributed by atoms with Crippen LogP contribution in [0.1, 0.15) is 52.4 Å². The zero-order valence-electron chi connectivity index (χ0n) is 13.9. The molecule has 4 unspecified atom stereocenters. The quantitative estimate of drug-likeness (QED) is 0.827. The SMILES string of the molecule is CC1(C)C2OCCCC2C1(N)C(=O)NCCC1CCCCO1. The van der Waals surface area contributed by atoms with Gasteiger partial charge >= 0.3 is 0 Å². The van der Waals surface area contributed by atoms with E-state index in [9.17, 15) is 4.79 Å². The van der Waals surface area contributed by atoms with Gasteiger partial charge in [-0.05, 0) is 38.5 Å². The van der Waals surface area contributed by atoms with Crippen LogP contribution in [0.5, 0.6) is 0 Å². The number of hydrogen-bond acceptors (Lipinski definition) is 4. The van der Waals surface area contributed by atoms with Crippen LogP contribution < -0.4 is 11.1 Å². The van der Waals surface area contributed by atoms with Crippen molar-refractivity contribution in [2.75, 3.05) is 19.8 Å². The molecule has 2 saturated heterocycles. The standard InChI is InChI=1S/C17H30N2O3/c1-16(2)14-13(7-5-11-22-14)17(16,18)15(20)19-9-8-12-6-3-4-10-21-12/h12-14H,3-11,18H2,1-2H3,(H,19,20). The van der Waals surface area contributed by atoms with Gasteiger partial charge in [0.1, 0.15) is 5.54 Å². The van der Waals surface area contributed by atoms with Gasteiger partial charge in [0, 0.05) is 31.1 Å². The van der Waals surface area contributed by atoms with Gasteiger partial charge in [-0.15, -0.1) is 0 Å². The third-order valence-electron chi connectivity index (χ3n) is 6.09. The molecule has 0 aromatic heterocycles. The highest BCUT2D eigenvalue weighted by atomic mass is 16.5. The molecule has 0 aromatic rings. The van der Waals surface area contributed by atoms with Crippen molar-refractivity contribution < 1.29 is 14.3 Å². The molecule has 5 nitrogen and oxygen atoms in total. The molecule has 0 bridgehead atoms. The third kappa shape index (κ3) is 2.47. The molecular formula is C17H30N2O3. The van der Waals surface area contributed by atoms with E-state index < -0.39 is 5.54 Å². The Bertz CT molecular complexity index is 420. The van der Waals surface area contributed by atoms with Crippen molar-refractivity contribution >= 4 is 5.91 Å². The summed E-state index contributed by atoms with van der Waals surface area (Å²) in [4.78, 5) is 12.7. The summed E-state index contributed by atoms with van der Waals surface area (Å²) >= 11 is 0. The van der Waals surface area contributed by atoms with Crippen LogP contribution in [0.25, 0.3) is 0 Å². The highest BCUT2D eigenvalue weighted by molar-refractivity contribution is 5.89. The number of fused-ring (bicyclic) bond motifs is 1. The summed E-state index contributed by atoms with van der Waals surface area (Å²) in [7, 11) is 0. The van der Waals surface area contributed by atoms with Crippen molar-refractivity contribution in [2.24, 2.45) is 17.1 Å². The summed E-state index contributed by atoms with van der Waals surface area (Å²) in [6.07, 6.45) is 6.78. The topological polar surface area (TPSA) is 73.6 Å². The molecule has 126 valence electrons. The van der Waals surface area contributed by atoms with Gasteiger partial charge < -0.3 is 20.5 Å². The summed E-state index contributed by atoms with van der Waals surface area (Å²) in [5.41, 5.74) is 5.47. The number of rotatable bonds is 4. The molecule has 2 heterocycles. The Morgan fingerprint density at radius 3 is 2.68 bits per heavy atom. The molecule has 0 aromatic carbocycles. The molecule has 1 amide bonds. The molecule has 3 fully saturated rings. The molecule has 3 N–H and O–H groups in total. The van der Waals surface area contributed by atoms with Gasteiger partial charge in [-0.25, -0.2) is 0 Å². The lowest BCUT2D eigenvalue weighted by molar-refractivity contribution is -0.225. The first-order chi connectivity index (χ1) is 10.5. The Balaban J connectivity index is 1.54. The van der Waals surface area contributed by atoms with E-state index >= 15 is 0 Å². The maximum Gasteiger partial charge on any atom is 0.241 e. The van der Waals surface area contributed by atoms with E-state index in [4.69, 9.17) is 15.2 Å². The number of carbonyl (C=O) groups excluding carboxylic acids is 1. The first kappa shape index (κ1) is 16.2. The molecule has 5 heteroatoms. The summed E-state index contributed by atoms with van der Waals surface area (Å²) < 4.78 is 11.6. The Morgan fingerprint density at radius 2 is 1.95 bits per heavy atom. The number of carbonyl (C=O) groups is 1. The van der Waals surface area contributed by atoms with E-state index in [0.717, 1.165) is 45.3 Å². The second-order valence-corrected chi connectivity index (χ2v) is 7.66. The van der Waals surface area contributed by atoms with Crippen molar-refractivity contribution in [3.8, 4) is 0 Å². The molecule has 3 aliphatic rings. The van der Waals surface area contributed by atoms with Crippen LogP contribution in [0.15, 0.2) is 0 Å². The fourth-order valence-corrected chi connectivity index (χ4v) is 4.56. The van der Waals surface area contributed by atoms with Gasteiger partial charge in [0.25, 0.3) is 0 Å². The Kier molecular flexibility index (Phi) is 4.49. The van der Waals surface area contributed by atoms with Gasteiger partial charge in [0.2, 0.25) is 5.91 Å². The smallest absolute Gasteiger partial charge is 0.241 e. The predicted octanol–water partition coefficient (Wildman–Crippen LogP) is 1.59. The maximum absolute atomic E-state index is 12.7. The average Bonchev–Trinajstić information content (AvgIpc) is 2.55. The minimum atomic E-state index is -0.800. The van der Waals surface area contributed by atoms with Crippen LogP contribution in [0.2, 0.25) is 0 Å². The van der Waals surface area contributed by atoms with Crippen molar-refractivity contribution in [3.05, 3.63) is 0 Å². The lowest BCUT2D eigenvalue weighted by Crippen LogP contribution is -2.82. The third-order valence-corrected chi connectivity index (χ3v) is 6.09. The molecular weight excluding hydrogens is 280 g/mol. The van der Waals surface area contributed by atoms with Crippen LogP contribution >= 0.6 is 0 Å². The van der Waals surface area contributed by atoms with Crippen LogP contribution in [-0.2, 0) is 14.3 Å². The molecule has 2 aliphatic heterocycles. The largest absolute Gasteiger partial charge is 0.378 e. The van der Waals surface area contributed by atoms with E-state index in [-0.39, 0.29) is 23.3 Å². The van der Waals surface area contributed by atoms with E-state index in [1.807, 2.05) is 0 Å². The summed E-state index contributed by atoms with van der Waals surface area (Å²) in [5, 5.41) is 3.06. The highest BCUT2D eigenvalue weighted by Gasteiger charge is 2.70. The lowest BCUT2D eigenvalue weighted by atomic mass is 9.46. The molecule has 0 spiro atoms. The minimum absolute atomic E-state index is 0.0138.